The quantitative estimate of drug-likeness (QED) is 0.493. The number of benzene rings is 2. The molecule has 1 saturated heterocycles. The number of ether oxygens (including phenoxy) is 1. The van der Waals surface area contributed by atoms with E-state index < -0.39 is 5.41 Å². The lowest BCUT2D eigenvalue weighted by atomic mass is 9.73. The number of aryl methyl sites for hydroxylation is 1. The zero-order valence-electron chi connectivity index (χ0n) is 23.5. The van der Waals surface area contributed by atoms with Gasteiger partial charge < -0.3 is 20.3 Å². The molecule has 3 amide bonds. The van der Waals surface area contributed by atoms with E-state index in [1.165, 1.54) is 12.1 Å². The molecule has 0 unspecified atom stereocenters. The highest BCUT2D eigenvalue weighted by Gasteiger charge is 2.42. The molecule has 2 N–H and O–H groups in total. The highest BCUT2D eigenvalue weighted by Crippen LogP contribution is 2.38. The second kappa shape index (κ2) is 12.1. The summed E-state index contributed by atoms with van der Waals surface area (Å²) in [5.74, 6) is -0.220. The molecule has 1 fully saturated rings. The lowest BCUT2D eigenvalue weighted by molar-refractivity contribution is -0.135. The summed E-state index contributed by atoms with van der Waals surface area (Å²) in [6.45, 7) is 3.49. The SMILES string of the molecule is C[C@@H]1COc2ccccc2C(=O)NCCCCC2(CCN(C(=O)c3cc(-c4ccc(F)cc4)n(C)n3)CC2)C(=O)N1. The Labute approximate surface area is 239 Å². The molecule has 0 bridgehead atoms. The first-order valence-electron chi connectivity index (χ1n) is 14.2. The minimum Gasteiger partial charge on any atom is -0.491 e. The van der Waals surface area contributed by atoms with E-state index in [1.807, 2.05) is 13.0 Å². The number of para-hydroxylation sites is 1. The van der Waals surface area contributed by atoms with E-state index in [9.17, 15) is 18.8 Å². The van der Waals surface area contributed by atoms with Crippen LogP contribution in [-0.2, 0) is 11.8 Å². The topological polar surface area (TPSA) is 106 Å². The minimum absolute atomic E-state index is 0.0217. The normalized spacial score (nSPS) is 19.9. The van der Waals surface area contributed by atoms with Gasteiger partial charge in [0.2, 0.25) is 5.91 Å². The summed E-state index contributed by atoms with van der Waals surface area (Å²) in [6, 6.07) is 14.6. The average molecular weight is 562 g/mol. The molecule has 1 aromatic heterocycles. The van der Waals surface area contributed by atoms with Gasteiger partial charge in [0.1, 0.15) is 18.2 Å². The van der Waals surface area contributed by atoms with Crippen LogP contribution < -0.4 is 15.4 Å². The smallest absolute Gasteiger partial charge is 0.274 e. The number of likely N-dealkylation sites (tertiary alicyclic amines) is 1. The fraction of sp³-hybridized carbons (Fsp3) is 0.419. The molecule has 3 heterocycles. The molecule has 2 aliphatic rings. The molecule has 10 heteroatoms. The summed E-state index contributed by atoms with van der Waals surface area (Å²) in [4.78, 5) is 41.5. The maximum atomic E-state index is 13.7. The first-order valence-corrected chi connectivity index (χ1v) is 14.2. The molecule has 0 aliphatic carbocycles. The molecule has 5 rings (SSSR count). The van der Waals surface area contributed by atoms with Crippen molar-refractivity contribution in [2.45, 2.75) is 45.1 Å². The Balaban J connectivity index is 1.27. The van der Waals surface area contributed by atoms with E-state index >= 15 is 0 Å². The number of amides is 3. The summed E-state index contributed by atoms with van der Waals surface area (Å²) in [7, 11) is 1.76. The lowest BCUT2D eigenvalue weighted by Crippen LogP contribution is -2.52. The number of piperidine rings is 1. The molecular weight excluding hydrogens is 525 g/mol. The monoisotopic (exact) mass is 561 g/mol. The van der Waals surface area contributed by atoms with Crippen molar-refractivity contribution in [3.8, 4) is 17.0 Å². The zero-order chi connectivity index (χ0) is 29.0. The van der Waals surface area contributed by atoms with Gasteiger partial charge in [0, 0.05) is 26.7 Å². The molecule has 1 atom stereocenters. The summed E-state index contributed by atoms with van der Waals surface area (Å²) >= 11 is 0. The Kier molecular flexibility index (Phi) is 8.37. The number of carbonyl (C=O) groups excluding carboxylic acids is 3. The van der Waals surface area contributed by atoms with Crippen LogP contribution in [0.5, 0.6) is 5.75 Å². The van der Waals surface area contributed by atoms with Crippen molar-refractivity contribution in [3.05, 3.63) is 71.7 Å². The van der Waals surface area contributed by atoms with E-state index in [0.717, 1.165) is 24.1 Å². The second-order valence-electron chi connectivity index (χ2n) is 11.0. The van der Waals surface area contributed by atoms with Gasteiger partial charge in [-0.25, -0.2) is 4.39 Å². The molecule has 3 aromatic rings. The van der Waals surface area contributed by atoms with Crippen LogP contribution in [-0.4, -0.2) is 64.7 Å². The van der Waals surface area contributed by atoms with Gasteiger partial charge in [-0.2, -0.15) is 5.10 Å². The van der Waals surface area contributed by atoms with Crippen LogP contribution in [0.3, 0.4) is 0 Å². The van der Waals surface area contributed by atoms with Crippen molar-refractivity contribution in [3.63, 3.8) is 0 Å². The van der Waals surface area contributed by atoms with Crippen molar-refractivity contribution in [2.75, 3.05) is 26.2 Å². The van der Waals surface area contributed by atoms with E-state index in [0.29, 0.717) is 55.9 Å². The highest BCUT2D eigenvalue weighted by atomic mass is 19.1. The number of carbonyl (C=O) groups is 3. The van der Waals surface area contributed by atoms with Crippen molar-refractivity contribution in [1.82, 2.24) is 25.3 Å². The fourth-order valence-electron chi connectivity index (χ4n) is 5.65. The minimum atomic E-state index is -0.611. The van der Waals surface area contributed by atoms with E-state index in [-0.39, 0.29) is 36.2 Å². The van der Waals surface area contributed by atoms with Crippen molar-refractivity contribution >= 4 is 17.7 Å². The maximum absolute atomic E-state index is 13.7. The van der Waals surface area contributed by atoms with Gasteiger partial charge in [-0.05, 0) is 80.6 Å². The van der Waals surface area contributed by atoms with Crippen LogP contribution in [0.2, 0.25) is 0 Å². The first kappa shape index (κ1) is 28.3. The summed E-state index contributed by atoms with van der Waals surface area (Å²) < 4.78 is 20.9. The summed E-state index contributed by atoms with van der Waals surface area (Å²) in [5, 5.41) is 10.5. The Morgan fingerprint density at radius 1 is 1.05 bits per heavy atom. The van der Waals surface area contributed by atoms with E-state index in [4.69, 9.17) is 4.74 Å². The lowest BCUT2D eigenvalue weighted by Gasteiger charge is -2.41. The first-order chi connectivity index (χ1) is 19.8. The maximum Gasteiger partial charge on any atom is 0.274 e. The summed E-state index contributed by atoms with van der Waals surface area (Å²) in [5.41, 5.74) is 1.68. The van der Waals surface area contributed by atoms with Crippen LogP contribution >= 0.6 is 0 Å². The number of hydrogen-bond acceptors (Lipinski definition) is 5. The van der Waals surface area contributed by atoms with Gasteiger partial charge in [0.05, 0.1) is 22.7 Å². The molecule has 0 radical (unpaired) electrons. The summed E-state index contributed by atoms with van der Waals surface area (Å²) in [6.07, 6.45) is 3.24. The second-order valence-corrected chi connectivity index (χ2v) is 11.0. The van der Waals surface area contributed by atoms with Crippen LogP contribution in [0, 0.1) is 11.2 Å². The fourth-order valence-corrected chi connectivity index (χ4v) is 5.65. The van der Waals surface area contributed by atoms with Crippen LogP contribution in [0.15, 0.2) is 54.6 Å². The molecule has 2 aromatic carbocycles. The van der Waals surface area contributed by atoms with Crippen LogP contribution in [0.4, 0.5) is 4.39 Å². The largest absolute Gasteiger partial charge is 0.491 e. The average Bonchev–Trinajstić information content (AvgIpc) is 3.37. The van der Waals surface area contributed by atoms with Gasteiger partial charge in [0.15, 0.2) is 5.69 Å². The molecule has 9 nitrogen and oxygen atoms in total. The van der Waals surface area contributed by atoms with E-state index in [1.54, 1.807) is 53.0 Å². The predicted octanol–water partition coefficient (Wildman–Crippen LogP) is 3.95. The third kappa shape index (κ3) is 6.26. The van der Waals surface area contributed by atoms with Crippen molar-refractivity contribution in [2.24, 2.45) is 12.5 Å². The van der Waals surface area contributed by atoms with Gasteiger partial charge in [-0.1, -0.05) is 18.6 Å². The Morgan fingerprint density at radius 2 is 1.78 bits per heavy atom. The molecule has 0 saturated carbocycles. The Morgan fingerprint density at radius 3 is 2.54 bits per heavy atom. The number of rotatable bonds is 2. The van der Waals surface area contributed by atoms with Gasteiger partial charge in [-0.3, -0.25) is 19.1 Å². The Bertz CT molecular complexity index is 1410. The zero-order valence-corrected chi connectivity index (χ0v) is 23.5. The number of nitrogens with one attached hydrogen (secondary N) is 2. The van der Waals surface area contributed by atoms with Gasteiger partial charge >= 0.3 is 0 Å². The molecule has 41 heavy (non-hydrogen) atoms. The Hall–Kier alpha value is -4.21. The number of nitrogens with zero attached hydrogens (tertiary/aromatic N) is 3. The molecular formula is C31H36FN5O4. The van der Waals surface area contributed by atoms with E-state index in [2.05, 4.69) is 15.7 Å². The molecule has 2 aliphatic heterocycles. The number of halogens is 1. The number of fused-ring (bicyclic) bond motifs is 1. The number of hydrogen-bond donors (Lipinski definition) is 2. The van der Waals surface area contributed by atoms with Crippen molar-refractivity contribution < 1.29 is 23.5 Å². The molecule has 1 spiro atoms. The van der Waals surface area contributed by atoms with Crippen LogP contribution in [0.1, 0.15) is 59.9 Å². The molecule has 216 valence electrons. The third-order valence-corrected chi connectivity index (χ3v) is 8.09. The van der Waals surface area contributed by atoms with Gasteiger partial charge in [-0.15, -0.1) is 0 Å². The van der Waals surface area contributed by atoms with Gasteiger partial charge in [0.25, 0.3) is 11.8 Å². The van der Waals surface area contributed by atoms with Crippen LogP contribution in [0.25, 0.3) is 11.3 Å². The number of aromatic nitrogens is 2. The van der Waals surface area contributed by atoms with Crippen molar-refractivity contribution in [1.29, 1.82) is 0 Å². The third-order valence-electron chi connectivity index (χ3n) is 8.09. The predicted molar refractivity (Wildman–Crippen MR) is 152 cm³/mol. The highest BCUT2D eigenvalue weighted by molar-refractivity contribution is 5.97. The standard InChI is InChI=1S/C31H36FN5O4/c1-21-20-41-27-8-4-3-7-24(27)28(38)33-16-6-5-13-31(30(40)34-21)14-17-37(18-15-31)29(39)25-19-26(36(2)35-25)22-9-11-23(32)12-10-22/h3-4,7-12,19,21H,5-6,13-18,20H2,1-2H3,(H,33,38)(H,34,40)/t21-/m1/s1.